The Morgan fingerprint density at radius 3 is 2.38 bits per heavy atom. The first-order chi connectivity index (χ1) is 10.1. The Bertz CT molecular complexity index is 743. The fraction of sp³-hybridized carbons (Fsp3) is 0.250. The Labute approximate surface area is 129 Å². The third-order valence-corrected chi connectivity index (χ3v) is 6.49. The molecule has 1 N–H and O–H groups in total. The highest BCUT2D eigenvalue weighted by Crippen LogP contribution is 2.53. The lowest BCUT2D eigenvalue weighted by molar-refractivity contribution is 0.274. The zero-order chi connectivity index (χ0) is 15.0. The molecule has 0 amide bonds. The molecule has 1 saturated carbocycles. The lowest BCUT2D eigenvalue weighted by atomic mass is 10.1. The Balaban J connectivity index is 1.96. The number of halogens is 1. The van der Waals surface area contributed by atoms with E-state index >= 15 is 0 Å². The first-order valence-electron chi connectivity index (χ1n) is 6.71. The van der Waals surface area contributed by atoms with Gasteiger partial charge in [-0.2, -0.15) is 0 Å². The number of hydrogen-bond donors (Lipinski definition) is 1. The lowest BCUT2D eigenvalue weighted by Crippen LogP contribution is -2.11. The highest BCUT2D eigenvalue weighted by atomic mass is 35.5. The molecule has 0 aliphatic heterocycles. The van der Waals surface area contributed by atoms with Crippen molar-refractivity contribution in [2.45, 2.75) is 16.1 Å². The summed E-state index contributed by atoms with van der Waals surface area (Å²) >= 11 is 5.97. The normalized spacial score (nSPS) is 24.8. The van der Waals surface area contributed by atoms with E-state index in [-0.39, 0.29) is 18.4 Å². The minimum atomic E-state index is -3.44. The summed E-state index contributed by atoms with van der Waals surface area (Å²) in [5.74, 6) is -0.465. The maximum atomic E-state index is 12.7. The number of benzene rings is 2. The van der Waals surface area contributed by atoms with Crippen LogP contribution in [0.2, 0.25) is 5.02 Å². The fourth-order valence-electron chi connectivity index (χ4n) is 2.90. The molecule has 3 rings (SSSR count). The van der Waals surface area contributed by atoms with Crippen molar-refractivity contribution in [3.63, 3.8) is 0 Å². The summed E-state index contributed by atoms with van der Waals surface area (Å²) in [6.07, 6.45) is 0. The smallest absolute Gasteiger partial charge is 0.182 e. The van der Waals surface area contributed by atoms with Crippen molar-refractivity contribution >= 4 is 21.4 Å². The Morgan fingerprint density at radius 2 is 1.76 bits per heavy atom. The largest absolute Gasteiger partial charge is 0.396 e. The number of aliphatic hydroxyl groups excluding tert-OH is 1. The van der Waals surface area contributed by atoms with Crippen LogP contribution in [0, 0.1) is 5.92 Å². The first kappa shape index (κ1) is 14.6. The maximum absolute atomic E-state index is 12.7. The first-order valence-corrected chi connectivity index (χ1v) is 8.63. The van der Waals surface area contributed by atoms with Gasteiger partial charge in [0.1, 0.15) is 0 Å². The molecule has 2 aromatic rings. The lowest BCUT2D eigenvalue weighted by Gasteiger charge is -2.04. The van der Waals surface area contributed by atoms with Gasteiger partial charge in [-0.3, -0.25) is 0 Å². The summed E-state index contributed by atoms with van der Waals surface area (Å²) in [5.41, 5.74) is 0.867. The molecule has 3 nitrogen and oxygen atoms in total. The van der Waals surface area contributed by atoms with Crippen molar-refractivity contribution in [2.24, 2.45) is 5.92 Å². The van der Waals surface area contributed by atoms with Crippen molar-refractivity contribution in [3.05, 3.63) is 65.2 Å². The second-order valence-corrected chi connectivity index (χ2v) is 7.79. The van der Waals surface area contributed by atoms with Gasteiger partial charge in [0.05, 0.1) is 10.1 Å². The molecule has 0 bridgehead atoms. The van der Waals surface area contributed by atoms with Crippen LogP contribution in [0.5, 0.6) is 0 Å². The van der Waals surface area contributed by atoms with Gasteiger partial charge in [-0.05, 0) is 29.8 Å². The average molecular weight is 323 g/mol. The van der Waals surface area contributed by atoms with Crippen molar-refractivity contribution < 1.29 is 13.5 Å². The predicted molar refractivity (Wildman–Crippen MR) is 82.2 cm³/mol. The molecule has 0 radical (unpaired) electrons. The van der Waals surface area contributed by atoms with Gasteiger partial charge in [0.15, 0.2) is 9.84 Å². The van der Waals surface area contributed by atoms with Crippen molar-refractivity contribution in [3.8, 4) is 0 Å². The van der Waals surface area contributed by atoms with E-state index in [4.69, 9.17) is 11.6 Å². The van der Waals surface area contributed by atoms with Crippen LogP contribution in [-0.2, 0) is 9.84 Å². The van der Waals surface area contributed by atoms with E-state index in [1.807, 2.05) is 6.07 Å². The Kier molecular flexibility index (Phi) is 3.78. The molecule has 21 heavy (non-hydrogen) atoms. The summed E-state index contributed by atoms with van der Waals surface area (Å²) in [5, 5.41) is 9.49. The molecule has 1 aliphatic rings. The van der Waals surface area contributed by atoms with Crippen molar-refractivity contribution in [2.75, 3.05) is 6.61 Å². The van der Waals surface area contributed by atoms with Crippen LogP contribution in [0.4, 0.5) is 0 Å². The van der Waals surface area contributed by atoms with Crippen LogP contribution < -0.4 is 0 Å². The van der Waals surface area contributed by atoms with Crippen LogP contribution in [-0.4, -0.2) is 25.4 Å². The van der Waals surface area contributed by atoms with Gasteiger partial charge >= 0.3 is 0 Å². The third-order valence-electron chi connectivity index (χ3n) is 3.97. The zero-order valence-corrected chi connectivity index (χ0v) is 12.8. The summed E-state index contributed by atoms with van der Waals surface area (Å²) < 4.78 is 25.4. The summed E-state index contributed by atoms with van der Waals surface area (Å²) in [7, 11) is -3.44. The van der Waals surface area contributed by atoms with E-state index in [1.165, 1.54) is 0 Å². The van der Waals surface area contributed by atoms with Crippen LogP contribution in [0.1, 0.15) is 11.5 Å². The van der Waals surface area contributed by atoms with E-state index < -0.39 is 15.1 Å². The van der Waals surface area contributed by atoms with Gasteiger partial charge in [0, 0.05) is 23.5 Å². The SMILES string of the molecule is O=S(=O)(c1ccccc1)[C@@H]1[C@@H](CO)[C@@H]1c1cccc(Cl)c1. The zero-order valence-electron chi connectivity index (χ0n) is 11.2. The summed E-state index contributed by atoms with van der Waals surface area (Å²) in [4.78, 5) is 0.304. The van der Waals surface area contributed by atoms with Gasteiger partial charge in [0.25, 0.3) is 0 Å². The van der Waals surface area contributed by atoms with Crippen LogP contribution >= 0.6 is 11.6 Å². The van der Waals surface area contributed by atoms with Crippen LogP contribution in [0.15, 0.2) is 59.5 Å². The second-order valence-electron chi connectivity index (χ2n) is 5.25. The van der Waals surface area contributed by atoms with E-state index in [9.17, 15) is 13.5 Å². The van der Waals surface area contributed by atoms with Gasteiger partial charge in [0.2, 0.25) is 0 Å². The van der Waals surface area contributed by atoms with E-state index in [1.54, 1.807) is 48.5 Å². The van der Waals surface area contributed by atoms with Crippen molar-refractivity contribution in [1.29, 1.82) is 0 Å². The number of sulfone groups is 1. The molecule has 110 valence electrons. The van der Waals surface area contributed by atoms with E-state index in [2.05, 4.69) is 0 Å². The van der Waals surface area contributed by atoms with Gasteiger partial charge in [-0.1, -0.05) is 41.9 Å². The average Bonchev–Trinajstić information content (AvgIpc) is 3.23. The molecule has 5 heteroatoms. The maximum Gasteiger partial charge on any atom is 0.182 e. The molecule has 0 aromatic heterocycles. The van der Waals surface area contributed by atoms with Gasteiger partial charge < -0.3 is 5.11 Å². The molecule has 0 spiro atoms. The minimum Gasteiger partial charge on any atom is -0.396 e. The summed E-state index contributed by atoms with van der Waals surface area (Å²) in [6, 6.07) is 15.6. The van der Waals surface area contributed by atoms with Crippen LogP contribution in [0.25, 0.3) is 0 Å². The number of rotatable bonds is 4. The fourth-order valence-corrected chi connectivity index (χ4v) is 5.32. The molecule has 1 aliphatic carbocycles. The monoisotopic (exact) mass is 322 g/mol. The third kappa shape index (κ3) is 2.59. The van der Waals surface area contributed by atoms with Crippen molar-refractivity contribution in [1.82, 2.24) is 0 Å². The highest BCUT2D eigenvalue weighted by Gasteiger charge is 2.58. The standard InChI is InChI=1S/C16H15ClO3S/c17-12-6-4-5-11(9-12)15-14(10-18)16(15)21(19,20)13-7-2-1-3-8-13/h1-9,14-16,18H,10H2/t14-,15-,16+/m0/s1. The molecule has 0 saturated heterocycles. The Morgan fingerprint density at radius 1 is 1.05 bits per heavy atom. The second kappa shape index (κ2) is 5.44. The van der Waals surface area contributed by atoms with Crippen LogP contribution in [0.3, 0.4) is 0 Å². The Hall–Kier alpha value is -1.36. The molecule has 0 unspecified atom stereocenters. The highest BCUT2D eigenvalue weighted by molar-refractivity contribution is 7.92. The predicted octanol–water partition coefficient (Wildman–Crippen LogP) is 2.89. The molecular formula is C16H15ClO3S. The minimum absolute atomic E-state index is 0.145. The quantitative estimate of drug-likeness (QED) is 0.941. The molecular weight excluding hydrogens is 308 g/mol. The van der Waals surface area contributed by atoms with E-state index in [0.29, 0.717) is 9.92 Å². The molecule has 0 heterocycles. The topological polar surface area (TPSA) is 54.4 Å². The number of hydrogen-bond acceptors (Lipinski definition) is 3. The molecule has 3 atom stereocenters. The number of aliphatic hydroxyl groups is 1. The summed E-state index contributed by atoms with van der Waals surface area (Å²) in [6.45, 7) is -0.145. The van der Waals surface area contributed by atoms with E-state index in [0.717, 1.165) is 5.56 Å². The van der Waals surface area contributed by atoms with Gasteiger partial charge in [-0.15, -0.1) is 0 Å². The molecule has 2 aromatic carbocycles. The van der Waals surface area contributed by atoms with Gasteiger partial charge in [-0.25, -0.2) is 8.42 Å². The molecule has 1 fully saturated rings.